The highest BCUT2D eigenvalue weighted by molar-refractivity contribution is 7.86. The van der Waals surface area contributed by atoms with E-state index in [-0.39, 0.29) is 17.5 Å². The first kappa shape index (κ1) is 19.7. The topological polar surface area (TPSA) is 72.9 Å². The summed E-state index contributed by atoms with van der Waals surface area (Å²) in [6.45, 7) is 7.80. The average molecular weight is 369 g/mol. The van der Waals surface area contributed by atoms with Gasteiger partial charge in [-0.25, -0.2) is 4.79 Å². The molecule has 2 rings (SSSR count). The molecule has 1 amide bonds. The molecular weight excluding hydrogens is 342 g/mol. The Balaban J connectivity index is 2.03. The molecule has 1 atom stereocenters. The van der Waals surface area contributed by atoms with E-state index in [1.54, 1.807) is 17.0 Å². The van der Waals surface area contributed by atoms with Crippen molar-refractivity contribution in [2.45, 2.75) is 63.5 Å². The maximum atomic E-state index is 12.4. The molecule has 0 aliphatic carbocycles. The largest absolute Gasteiger partial charge is 0.444 e. The van der Waals surface area contributed by atoms with Crippen LogP contribution in [0, 0.1) is 6.92 Å². The summed E-state index contributed by atoms with van der Waals surface area (Å²) >= 11 is 0. The second-order valence-electron chi connectivity index (χ2n) is 7.38. The minimum Gasteiger partial charge on any atom is -0.444 e. The summed E-state index contributed by atoms with van der Waals surface area (Å²) in [6.07, 6.45) is 2.08. The fourth-order valence-electron chi connectivity index (χ4n) is 2.68. The number of hydrogen-bond acceptors (Lipinski definition) is 5. The van der Waals surface area contributed by atoms with Gasteiger partial charge >= 0.3 is 6.09 Å². The summed E-state index contributed by atoms with van der Waals surface area (Å²) in [5.74, 6) is 0. The lowest BCUT2D eigenvalue weighted by atomic mass is 10.0. The SMILES string of the molecule is Cc1ccc(S(=O)(=O)OC[C@H]2CCCCN2C(=O)OC(C)(C)C)cc1. The average Bonchev–Trinajstić information content (AvgIpc) is 2.52. The quantitative estimate of drug-likeness (QED) is 0.760. The molecule has 1 fully saturated rings. The Morgan fingerprint density at radius 3 is 2.44 bits per heavy atom. The summed E-state index contributed by atoms with van der Waals surface area (Å²) < 4.78 is 35.3. The van der Waals surface area contributed by atoms with Gasteiger partial charge in [0.05, 0.1) is 17.5 Å². The maximum absolute atomic E-state index is 12.4. The summed E-state index contributed by atoms with van der Waals surface area (Å²) in [5, 5.41) is 0. The van der Waals surface area contributed by atoms with E-state index in [4.69, 9.17) is 8.92 Å². The number of piperidine rings is 1. The molecule has 0 N–H and O–H groups in total. The molecule has 7 heteroatoms. The molecule has 0 radical (unpaired) electrons. The van der Waals surface area contributed by atoms with Gasteiger partial charge in [-0.05, 0) is 59.1 Å². The second-order valence-corrected chi connectivity index (χ2v) is 8.99. The van der Waals surface area contributed by atoms with Crippen molar-refractivity contribution in [2.24, 2.45) is 0 Å². The minimum atomic E-state index is -3.84. The molecule has 1 aromatic rings. The molecule has 1 aromatic carbocycles. The number of likely N-dealkylation sites (tertiary alicyclic amines) is 1. The molecule has 25 heavy (non-hydrogen) atoms. The third-order valence-corrected chi connectivity index (χ3v) is 5.28. The molecule has 0 unspecified atom stereocenters. The standard InChI is InChI=1S/C18H27NO5S/c1-14-8-10-16(11-9-14)25(21,22)23-13-15-7-5-6-12-19(15)17(20)24-18(2,3)4/h8-11,15H,5-7,12-13H2,1-4H3/t15-/m1/s1. The van der Waals surface area contributed by atoms with Crippen molar-refractivity contribution in [3.63, 3.8) is 0 Å². The van der Waals surface area contributed by atoms with Crippen LogP contribution in [0.25, 0.3) is 0 Å². The highest BCUT2D eigenvalue weighted by Crippen LogP contribution is 2.22. The van der Waals surface area contributed by atoms with Crippen LogP contribution < -0.4 is 0 Å². The number of carbonyl (C=O) groups excluding carboxylic acids is 1. The molecule has 1 aliphatic heterocycles. The van der Waals surface area contributed by atoms with Crippen LogP contribution in [-0.4, -0.2) is 44.2 Å². The first-order valence-corrected chi connectivity index (χ1v) is 9.95. The van der Waals surface area contributed by atoms with Crippen LogP contribution in [0.1, 0.15) is 45.6 Å². The first-order chi connectivity index (χ1) is 11.6. The van der Waals surface area contributed by atoms with Crippen LogP contribution in [0.15, 0.2) is 29.2 Å². The fourth-order valence-corrected chi connectivity index (χ4v) is 3.62. The van der Waals surface area contributed by atoms with Gasteiger partial charge in [0.2, 0.25) is 0 Å². The van der Waals surface area contributed by atoms with E-state index in [9.17, 15) is 13.2 Å². The predicted molar refractivity (Wildman–Crippen MR) is 94.9 cm³/mol. The molecule has 1 saturated heterocycles. The number of amides is 1. The molecular formula is C18H27NO5S. The maximum Gasteiger partial charge on any atom is 0.410 e. The Morgan fingerprint density at radius 1 is 1.20 bits per heavy atom. The van der Waals surface area contributed by atoms with Gasteiger partial charge in [-0.15, -0.1) is 0 Å². The lowest BCUT2D eigenvalue weighted by molar-refractivity contribution is 0.00388. The fraction of sp³-hybridized carbons (Fsp3) is 0.611. The molecule has 0 aromatic heterocycles. The van der Waals surface area contributed by atoms with Crippen LogP contribution in [0.4, 0.5) is 4.79 Å². The van der Waals surface area contributed by atoms with Gasteiger partial charge in [0.1, 0.15) is 5.60 Å². The first-order valence-electron chi connectivity index (χ1n) is 8.54. The van der Waals surface area contributed by atoms with Crippen molar-refractivity contribution >= 4 is 16.2 Å². The zero-order valence-electron chi connectivity index (χ0n) is 15.3. The van der Waals surface area contributed by atoms with E-state index < -0.39 is 21.8 Å². The van der Waals surface area contributed by atoms with Gasteiger partial charge in [0.25, 0.3) is 10.1 Å². The summed E-state index contributed by atoms with van der Waals surface area (Å²) in [5.41, 5.74) is 0.385. The van der Waals surface area contributed by atoms with E-state index in [0.29, 0.717) is 13.0 Å². The van der Waals surface area contributed by atoms with Crippen molar-refractivity contribution in [2.75, 3.05) is 13.2 Å². The molecule has 1 aliphatic rings. The Hall–Kier alpha value is -1.60. The summed E-state index contributed by atoms with van der Waals surface area (Å²) in [4.78, 5) is 14.1. The van der Waals surface area contributed by atoms with E-state index in [2.05, 4.69) is 0 Å². The van der Waals surface area contributed by atoms with E-state index in [1.165, 1.54) is 12.1 Å². The molecule has 0 spiro atoms. The van der Waals surface area contributed by atoms with E-state index >= 15 is 0 Å². The van der Waals surface area contributed by atoms with Crippen LogP contribution in [0.2, 0.25) is 0 Å². The zero-order chi connectivity index (χ0) is 18.7. The van der Waals surface area contributed by atoms with Gasteiger partial charge in [0.15, 0.2) is 0 Å². The van der Waals surface area contributed by atoms with E-state index in [1.807, 2.05) is 27.7 Å². The molecule has 1 heterocycles. The Morgan fingerprint density at radius 2 is 1.84 bits per heavy atom. The molecule has 6 nitrogen and oxygen atoms in total. The van der Waals surface area contributed by atoms with Crippen LogP contribution in [0.3, 0.4) is 0 Å². The van der Waals surface area contributed by atoms with Crippen molar-refractivity contribution in [1.82, 2.24) is 4.90 Å². The predicted octanol–water partition coefficient (Wildman–Crippen LogP) is 3.49. The van der Waals surface area contributed by atoms with Crippen LogP contribution in [0.5, 0.6) is 0 Å². The third-order valence-electron chi connectivity index (χ3n) is 3.98. The lowest BCUT2D eigenvalue weighted by Crippen LogP contribution is -2.48. The number of ether oxygens (including phenoxy) is 1. The Labute approximate surface area is 150 Å². The minimum absolute atomic E-state index is 0.0601. The molecule has 0 bridgehead atoms. The highest BCUT2D eigenvalue weighted by Gasteiger charge is 2.32. The molecule has 140 valence electrons. The summed E-state index contributed by atoms with van der Waals surface area (Å²) in [7, 11) is -3.84. The Kier molecular flexibility index (Phi) is 6.11. The zero-order valence-corrected chi connectivity index (χ0v) is 16.1. The van der Waals surface area contributed by atoms with Crippen molar-refractivity contribution in [1.29, 1.82) is 0 Å². The number of benzene rings is 1. The van der Waals surface area contributed by atoms with Crippen molar-refractivity contribution < 1.29 is 22.1 Å². The number of hydrogen-bond donors (Lipinski definition) is 0. The number of nitrogens with zero attached hydrogens (tertiary/aromatic N) is 1. The second kappa shape index (κ2) is 7.74. The van der Waals surface area contributed by atoms with Crippen molar-refractivity contribution in [3.8, 4) is 0 Å². The Bertz CT molecular complexity index is 691. The number of carbonyl (C=O) groups is 1. The smallest absolute Gasteiger partial charge is 0.410 e. The van der Waals surface area contributed by atoms with Crippen LogP contribution >= 0.6 is 0 Å². The van der Waals surface area contributed by atoms with Crippen LogP contribution in [-0.2, 0) is 19.0 Å². The van der Waals surface area contributed by atoms with Crippen molar-refractivity contribution in [3.05, 3.63) is 29.8 Å². The third kappa shape index (κ3) is 5.71. The van der Waals surface area contributed by atoms with Gasteiger partial charge in [-0.1, -0.05) is 17.7 Å². The highest BCUT2D eigenvalue weighted by atomic mass is 32.2. The van der Waals surface area contributed by atoms with E-state index in [0.717, 1.165) is 18.4 Å². The summed E-state index contributed by atoms with van der Waals surface area (Å²) in [6, 6.07) is 6.20. The monoisotopic (exact) mass is 369 g/mol. The van der Waals surface area contributed by atoms with Gasteiger partial charge < -0.3 is 9.64 Å². The normalized spacial score (nSPS) is 18.9. The van der Waals surface area contributed by atoms with Gasteiger partial charge in [-0.2, -0.15) is 8.42 Å². The lowest BCUT2D eigenvalue weighted by Gasteiger charge is -2.36. The van der Waals surface area contributed by atoms with Gasteiger partial charge in [0, 0.05) is 6.54 Å². The number of rotatable bonds is 4. The molecule has 0 saturated carbocycles. The number of aryl methyl sites for hydroxylation is 1. The van der Waals surface area contributed by atoms with Gasteiger partial charge in [-0.3, -0.25) is 4.18 Å².